The highest BCUT2D eigenvalue weighted by Gasteiger charge is 2.12. The molecule has 2 N–H and O–H groups in total. The Labute approximate surface area is 129 Å². The van der Waals surface area contributed by atoms with E-state index >= 15 is 0 Å². The SMILES string of the molecule is CNCc1cc(Cl)cc(Cl)c1OCC(=O)NCC(C)C. The normalized spacial score (nSPS) is 10.7. The van der Waals surface area contributed by atoms with Crippen molar-refractivity contribution >= 4 is 29.1 Å². The Kier molecular flexibility index (Phi) is 7.13. The quantitative estimate of drug-likeness (QED) is 0.812. The Balaban J connectivity index is 2.69. The van der Waals surface area contributed by atoms with Crippen molar-refractivity contribution in [3.05, 3.63) is 27.7 Å². The lowest BCUT2D eigenvalue weighted by Gasteiger charge is -2.14. The van der Waals surface area contributed by atoms with Crippen molar-refractivity contribution in [3.8, 4) is 5.75 Å². The Morgan fingerprint density at radius 2 is 2.05 bits per heavy atom. The number of hydrogen-bond donors (Lipinski definition) is 2. The van der Waals surface area contributed by atoms with Crippen molar-refractivity contribution in [2.75, 3.05) is 20.2 Å². The zero-order valence-corrected chi connectivity index (χ0v) is 13.4. The molecule has 1 aromatic rings. The van der Waals surface area contributed by atoms with E-state index in [1.165, 1.54) is 0 Å². The summed E-state index contributed by atoms with van der Waals surface area (Å²) in [4.78, 5) is 11.6. The van der Waals surface area contributed by atoms with Crippen molar-refractivity contribution in [2.24, 2.45) is 5.92 Å². The van der Waals surface area contributed by atoms with E-state index in [0.29, 0.717) is 34.8 Å². The highest BCUT2D eigenvalue weighted by Crippen LogP contribution is 2.32. The zero-order chi connectivity index (χ0) is 15.1. The van der Waals surface area contributed by atoms with E-state index < -0.39 is 0 Å². The summed E-state index contributed by atoms with van der Waals surface area (Å²) < 4.78 is 5.53. The maximum Gasteiger partial charge on any atom is 0.257 e. The average Bonchev–Trinajstić information content (AvgIpc) is 2.35. The van der Waals surface area contributed by atoms with Crippen molar-refractivity contribution in [2.45, 2.75) is 20.4 Å². The van der Waals surface area contributed by atoms with Crippen LogP contribution >= 0.6 is 23.2 Å². The predicted octanol–water partition coefficient (Wildman–Crippen LogP) is 2.86. The van der Waals surface area contributed by atoms with Gasteiger partial charge in [-0.2, -0.15) is 0 Å². The fourth-order valence-corrected chi connectivity index (χ4v) is 2.19. The fraction of sp³-hybridized carbons (Fsp3) is 0.500. The molecule has 1 rings (SSSR count). The van der Waals surface area contributed by atoms with Gasteiger partial charge in [0.15, 0.2) is 6.61 Å². The molecule has 0 aliphatic rings. The molecule has 0 radical (unpaired) electrons. The molecule has 0 aliphatic carbocycles. The third kappa shape index (κ3) is 5.57. The van der Waals surface area contributed by atoms with Gasteiger partial charge in [-0.25, -0.2) is 0 Å². The van der Waals surface area contributed by atoms with Crippen molar-refractivity contribution in [1.82, 2.24) is 10.6 Å². The second-order valence-corrected chi connectivity index (χ2v) is 5.74. The summed E-state index contributed by atoms with van der Waals surface area (Å²) in [5, 5.41) is 6.74. The first-order valence-electron chi connectivity index (χ1n) is 6.46. The highest BCUT2D eigenvalue weighted by atomic mass is 35.5. The second kappa shape index (κ2) is 8.35. The van der Waals surface area contributed by atoms with Crippen LogP contribution in [0.1, 0.15) is 19.4 Å². The number of ether oxygens (including phenoxy) is 1. The molecule has 1 aromatic carbocycles. The maximum atomic E-state index is 11.6. The molecule has 0 atom stereocenters. The van der Waals surface area contributed by atoms with Crippen molar-refractivity contribution in [1.29, 1.82) is 0 Å². The Hall–Kier alpha value is -0.970. The van der Waals surface area contributed by atoms with E-state index in [2.05, 4.69) is 10.6 Å². The van der Waals surface area contributed by atoms with Crippen LogP contribution in [0.3, 0.4) is 0 Å². The molecule has 4 nitrogen and oxygen atoms in total. The lowest BCUT2D eigenvalue weighted by Crippen LogP contribution is -2.32. The van der Waals surface area contributed by atoms with E-state index in [1.54, 1.807) is 12.1 Å². The smallest absolute Gasteiger partial charge is 0.257 e. The number of hydrogen-bond acceptors (Lipinski definition) is 3. The van der Waals surface area contributed by atoms with Crippen LogP contribution in [0.2, 0.25) is 10.0 Å². The Morgan fingerprint density at radius 1 is 1.35 bits per heavy atom. The summed E-state index contributed by atoms with van der Waals surface area (Å²) in [5.74, 6) is 0.725. The molecule has 0 unspecified atom stereocenters. The molecule has 6 heteroatoms. The fourth-order valence-electron chi connectivity index (χ4n) is 1.60. The summed E-state index contributed by atoms with van der Waals surface area (Å²) in [6.45, 7) is 5.18. The number of carbonyl (C=O) groups excluding carboxylic acids is 1. The van der Waals surface area contributed by atoms with E-state index in [1.807, 2.05) is 20.9 Å². The molecule has 0 heterocycles. The minimum atomic E-state index is -0.167. The minimum Gasteiger partial charge on any atom is -0.482 e. The van der Waals surface area contributed by atoms with Crippen LogP contribution in [0.4, 0.5) is 0 Å². The molecule has 0 aliphatic heterocycles. The lowest BCUT2D eigenvalue weighted by atomic mass is 10.2. The van der Waals surface area contributed by atoms with Crippen LogP contribution in [-0.2, 0) is 11.3 Å². The van der Waals surface area contributed by atoms with E-state index in [-0.39, 0.29) is 12.5 Å². The van der Waals surface area contributed by atoms with Gasteiger partial charge in [-0.05, 0) is 25.1 Å². The molecule has 1 amide bonds. The van der Waals surface area contributed by atoms with Gasteiger partial charge >= 0.3 is 0 Å². The number of rotatable bonds is 7. The summed E-state index contributed by atoms with van der Waals surface area (Å²) in [5.41, 5.74) is 0.821. The Morgan fingerprint density at radius 3 is 2.65 bits per heavy atom. The first-order valence-corrected chi connectivity index (χ1v) is 7.21. The van der Waals surface area contributed by atoms with Crippen LogP contribution in [0.5, 0.6) is 5.75 Å². The first-order chi connectivity index (χ1) is 9.43. The number of amides is 1. The molecule has 0 saturated heterocycles. The van der Waals surface area contributed by atoms with Crippen LogP contribution in [0.15, 0.2) is 12.1 Å². The third-order valence-electron chi connectivity index (χ3n) is 2.51. The van der Waals surface area contributed by atoms with Gasteiger partial charge in [0, 0.05) is 23.7 Å². The van der Waals surface area contributed by atoms with Gasteiger partial charge in [0.05, 0.1) is 5.02 Å². The van der Waals surface area contributed by atoms with Gasteiger partial charge in [-0.1, -0.05) is 37.0 Å². The van der Waals surface area contributed by atoms with E-state index in [0.717, 1.165) is 5.56 Å². The van der Waals surface area contributed by atoms with Gasteiger partial charge in [0.1, 0.15) is 5.75 Å². The molecule has 0 saturated carbocycles. The standard InChI is InChI=1S/C14H20Cl2N2O2/c1-9(2)6-18-13(19)8-20-14-10(7-17-3)4-11(15)5-12(14)16/h4-5,9,17H,6-8H2,1-3H3,(H,18,19). The predicted molar refractivity (Wildman–Crippen MR) is 82.6 cm³/mol. The zero-order valence-electron chi connectivity index (χ0n) is 11.9. The molecule has 0 spiro atoms. The largest absolute Gasteiger partial charge is 0.482 e. The number of nitrogens with one attached hydrogen (secondary N) is 2. The molecule has 0 bridgehead atoms. The molecule has 0 fully saturated rings. The second-order valence-electron chi connectivity index (χ2n) is 4.89. The molecular formula is C14H20Cl2N2O2. The van der Waals surface area contributed by atoms with Crippen molar-refractivity contribution in [3.63, 3.8) is 0 Å². The molecule has 112 valence electrons. The molecule has 0 aromatic heterocycles. The van der Waals surface area contributed by atoms with Crippen LogP contribution < -0.4 is 15.4 Å². The summed E-state index contributed by atoms with van der Waals surface area (Å²) >= 11 is 12.1. The maximum absolute atomic E-state index is 11.6. The topological polar surface area (TPSA) is 50.4 Å². The van der Waals surface area contributed by atoms with Crippen LogP contribution in [0, 0.1) is 5.92 Å². The average molecular weight is 319 g/mol. The van der Waals surface area contributed by atoms with Gasteiger partial charge in [0.25, 0.3) is 5.91 Å². The van der Waals surface area contributed by atoms with E-state index in [4.69, 9.17) is 27.9 Å². The van der Waals surface area contributed by atoms with Gasteiger partial charge in [-0.15, -0.1) is 0 Å². The van der Waals surface area contributed by atoms with Gasteiger partial charge < -0.3 is 15.4 Å². The third-order valence-corrected chi connectivity index (χ3v) is 3.01. The van der Waals surface area contributed by atoms with Gasteiger partial charge in [0.2, 0.25) is 0 Å². The minimum absolute atomic E-state index is 0.0647. The highest BCUT2D eigenvalue weighted by molar-refractivity contribution is 6.35. The summed E-state index contributed by atoms with van der Waals surface area (Å²) in [7, 11) is 1.81. The Bertz CT molecular complexity index is 465. The van der Waals surface area contributed by atoms with E-state index in [9.17, 15) is 4.79 Å². The van der Waals surface area contributed by atoms with Crippen LogP contribution in [0.25, 0.3) is 0 Å². The monoisotopic (exact) mass is 318 g/mol. The van der Waals surface area contributed by atoms with Gasteiger partial charge in [-0.3, -0.25) is 4.79 Å². The number of benzene rings is 1. The lowest BCUT2D eigenvalue weighted by molar-refractivity contribution is -0.123. The number of carbonyl (C=O) groups is 1. The summed E-state index contributed by atoms with van der Waals surface area (Å²) in [6.07, 6.45) is 0. The molecule has 20 heavy (non-hydrogen) atoms. The van der Waals surface area contributed by atoms with Crippen molar-refractivity contribution < 1.29 is 9.53 Å². The summed E-state index contributed by atoms with van der Waals surface area (Å²) in [6, 6.07) is 3.37. The molecular weight excluding hydrogens is 299 g/mol. The van der Waals surface area contributed by atoms with Crippen LogP contribution in [-0.4, -0.2) is 26.1 Å². The first kappa shape index (κ1) is 17.1. The number of halogens is 2.